The molecule has 0 fully saturated rings. The van der Waals surface area contributed by atoms with E-state index in [2.05, 4.69) is 0 Å². The number of hydrogen-bond acceptors (Lipinski definition) is 12. The van der Waals surface area contributed by atoms with Crippen LogP contribution in [0.25, 0.3) is 0 Å². The first-order valence-corrected chi connectivity index (χ1v) is 6.57. The zero-order valence-electron chi connectivity index (χ0n) is 9.89. The van der Waals surface area contributed by atoms with Gasteiger partial charge in [-0.15, -0.1) is 0 Å². The Labute approximate surface area is 182 Å². The van der Waals surface area contributed by atoms with Crippen molar-refractivity contribution in [3.8, 4) is 0 Å². The average Bonchev–Trinajstić information content (AvgIpc) is 1.41. The molecular weight excluding hydrogens is 468 g/mol. The molecule has 0 bridgehead atoms. The third kappa shape index (κ3) is 987. The van der Waals surface area contributed by atoms with E-state index >= 15 is 0 Å². The molecule has 0 saturated heterocycles. The van der Waals surface area contributed by atoms with Crippen molar-refractivity contribution in [3.05, 3.63) is 0 Å². The largest absolute Gasteiger partial charge is 2.00 e. The van der Waals surface area contributed by atoms with Gasteiger partial charge in [-0.25, -0.2) is 0 Å². The summed E-state index contributed by atoms with van der Waals surface area (Å²) in [7, 11) is -16.2. The first kappa shape index (κ1) is 56.4. The van der Waals surface area contributed by atoms with Crippen LogP contribution in [0.4, 0.5) is 0 Å². The Morgan fingerprint density at radius 1 is 0.571 bits per heavy atom. The van der Waals surface area contributed by atoms with Crippen LogP contribution in [0, 0.1) is 0 Å². The third-order valence-corrected chi connectivity index (χ3v) is 0. The second kappa shape index (κ2) is 25.5. The van der Waals surface area contributed by atoms with Crippen molar-refractivity contribution in [1.82, 2.24) is 0 Å². The van der Waals surface area contributed by atoms with E-state index in [4.69, 9.17) is 57.7 Å². The summed E-state index contributed by atoms with van der Waals surface area (Å²) in [6, 6.07) is 0. The van der Waals surface area contributed by atoms with Gasteiger partial charge < -0.3 is 63.2 Å². The van der Waals surface area contributed by atoms with Gasteiger partial charge in [-0.3, -0.25) is 0 Å². The maximum atomic E-state index is 8.55. The monoisotopic (exact) mass is 470 g/mol. The molecule has 0 saturated carbocycles. The molecule has 21 heteroatoms. The van der Waals surface area contributed by atoms with Crippen molar-refractivity contribution < 1.29 is 127 Å². The number of rotatable bonds is 0. The van der Waals surface area contributed by atoms with Crippen LogP contribution in [0.2, 0.25) is 0 Å². The Bertz CT molecular complexity index is 225. The van der Waals surface area contributed by atoms with Gasteiger partial charge in [-0.2, -0.15) is 23.5 Å². The van der Waals surface area contributed by atoms with Crippen LogP contribution in [0.5, 0.6) is 0 Å². The van der Waals surface area contributed by atoms with Gasteiger partial charge in [0.25, 0.3) is 0 Å². The van der Waals surface area contributed by atoms with Crippen molar-refractivity contribution >= 4 is 56.6 Å². The van der Waals surface area contributed by atoms with Gasteiger partial charge in [0.05, 0.1) is 0 Å². The first-order valence-electron chi connectivity index (χ1n) is 2.19. The minimum absolute atomic E-state index is 0. The summed E-state index contributed by atoms with van der Waals surface area (Å²) in [6.45, 7) is 0. The third-order valence-electron chi connectivity index (χ3n) is 0. The smallest absolute Gasteiger partial charge is 0.822 e. The van der Waals surface area contributed by atoms with E-state index in [0.717, 1.165) is 0 Å². The molecule has 0 aromatic carbocycles. The minimum Gasteiger partial charge on any atom is -0.822 e. The van der Waals surface area contributed by atoms with E-state index < -0.39 is 23.5 Å². The Morgan fingerprint density at radius 3 is 0.571 bits per heavy atom. The Hall–Kier alpha value is 3.26. The second-order valence-electron chi connectivity index (χ2n) is 1.34. The second-order valence-corrected chi connectivity index (χ2v) is 4.02. The summed E-state index contributed by atoms with van der Waals surface area (Å²) in [5.41, 5.74) is 0. The quantitative estimate of drug-likeness (QED) is 0.235. The summed E-state index contributed by atoms with van der Waals surface area (Å²) < 4.78 is 25.6. The zero-order chi connectivity index (χ0) is 13.5. The van der Waals surface area contributed by atoms with E-state index in [1.54, 1.807) is 0 Å². The summed E-state index contributed by atoms with van der Waals surface area (Å²) >= 11 is 0. The van der Waals surface area contributed by atoms with E-state index in [1.165, 1.54) is 0 Å². The van der Waals surface area contributed by atoms with Crippen molar-refractivity contribution in [2.75, 3.05) is 0 Å². The van der Waals surface area contributed by atoms with Gasteiger partial charge in [0.1, 0.15) is 0 Å². The molecule has 0 aromatic rings. The molecule has 0 aromatic heterocycles. The molecular formula is H2BeFeMgMnNaO13P3. The van der Waals surface area contributed by atoms with E-state index in [0.29, 0.717) is 0 Å². The van der Waals surface area contributed by atoms with Crippen LogP contribution >= 0.6 is 23.5 Å². The van der Waals surface area contributed by atoms with Gasteiger partial charge in [-0.05, 0) is 0 Å². The maximum absolute atomic E-state index is 8.55. The molecule has 0 aliphatic rings. The van der Waals surface area contributed by atoms with Crippen LogP contribution in [0.1, 0.15) is 0 Å². The van der Waals surface area contributed by atoms with Crippen molar-refractivity contribution in [2.24, 2.45) is 0 Å². The van der Waals surface area contributed by atoms with Crippen LogP contribution in [0.15, 0.2) is 0 Å². The van der Waals surface area contributed by atoms with Crippen LogP contribution in [0.3, 0.4) is 0 Å². The summed E-state index contributed by atoms with van der Waals surface area (Å²) in [5.74, 6) is 0. The molecule has 21 heavy (non-hydrogen) atoms. The summed E-state index contributed by atoms with van der Waals surface area (Å²) in [5, 5.41) is 0. The van der Waals surface area contributed by atoms with Crippen LogP contribution in [-0.4, -0.2) is 38.7 Å². The average molecular weight is 470 g/mol. The zero-order valence-corrected chi connectivity index (χ0v) is 18.3. The molecule has 0 aliphatic heterocycles. The summed E-state index contributed by atoms with van der Waals surface area (Å²) in [6.07, 6.45) is 0. The predicted octanol–water partition coefficient (Wildman–Crippen LogP) is -13.1. The molecule has 1 radical (unpaired) electrons. The molecule has 0 amide bonds. The summed E-state index contributed by atoms with van der Waals surface area (Å²) in [4.78, 5) is 76.9. The number of hydrogen-bond donors (Lipinski definition) is 0. The van der Waals surface area contributed by atoms with E-state index in [1.807, 2.05) is 0 Å². The molecule has 2 N–H and O–H groups in total. The van der Waals surface area contributed by atoms with Crippen LogP contribution < -0.4 is 73.6 Å². The fourth-order valence-corrected chi connectivity index (χ4v) is 0. The van der Waals surface area contributed by atoms with Gasteiger partial charge >= 0.3 is 96.9 Å². The van der Waals surface area contributed by atoms with Gasteiger partial charge in [0, 0.05) is 0 Å². The molecule has 0 heterocycles. The van der Waals surface area contributed by atoms with Gasteiger partial charge in [-0.1, -0.05) is 0 Å². The SMILES string of the molecule is O.O=P([O-])([O-])[O-].O=P([O-])([O-])[O-].O=P([O-])([O-])[O-].[Be+2].[Fe+2].[Mg+2].[Mn+2].[Na+]. The molecule has 0 aliphatic carbocycles. The minimum atomic E-state index is -5.39. The van der Waals surface area contributed by atoms with Gasteiger partial charge in [0.2, 0.25) is 0 Å². The fourth-order valence-electron chi connectivity index (χ4n) is 0. The van der Waals surface area contributed by atoms with Crippen molar-refractivity contribution in [3.63, 3.8) is 0 Å². The topological polar surface area (TPSA) is 290 Å². The molecule has 115 valence electrons. The molecule has 0 rings (SSSR count). The number of phosphoric acid groups is 3. The molecule has 0 spiro atoms. The Morgan fingerprint density at radius 2 is 0.571 bits per heavy atom. The fraction of sp³-hybridized carbons (Fsp3) is 0. The predicted molar refractivity (Wildman–Crippen MR) is 37.9 cm³/mol. The van der Waals surface area contributed by atoms with Crippen molar-refractivity contribution in [1.29, 1.82) is 0 Å². The molecule has 0 unspecified atom stereocenters. The van der Waals surface area contributed by atoms with Gasteiger partial charge in [0.15, 0.2) is 0 Å². The maximum Gasteiger partial charge on any atom is 2.00 e. The Balaban J connectivity index is -0.0000000129. The molecule has 0 atom stereocenters. The van der Waals surface area contributed by atoms with E-state index in [-0.39, 0.29) is 102 Å². The molecule has 13 nitrogen and oxygen atoms in total. The van der Waals surface area contributed by atoms with E-state index in [9.17, 15) is 0 Å². The normalized spacial score (nSPS) is 8.43. The standard InChI is InChI=1S/Be.Fe.Mg.Mn.Na.3H3O4P.H2O/c;;;;;3*1-5(2,3)4;/h;;;;;3*(H3,1,2,3,4);1H2/q4*+2;+1;;;;/p-9. The Kier molecular flexibility index (Phi) is 68.5. The first-order chi connectivity index (χ1) is 6.00. The van der Waals surface area contributed by atoms with Crippen LogP contribution in [-0.2, 0) is 47.8 Å². The van der Waals surface area contributed by atoms with Crippen molar-refractivity contribution in [2.45, 2.75) is 0 Å².